The summed E-state index contributed by atoms with van der Waals surface area (Å²) < 4.78 is 18.4. The molecule has 0 radical (unpaired) electrons. The minimum atomic E-state index is -0.597. The number of anilines is 2. The molecule has 0 bridgehead atoms. The third-order valence-electron chi connectivity index (χ3n) is 2.97. The van der Waals surface area contributed by atoms with E-state index in [0.29, 0.717) is 13.0 Å². The van der Waals surface area contributed by atoms with Gasteiger partial charge >= 0.3 is 5.97 Å². The number of nitrogens with two attached hydrogens (primary N) is 1. The minimum absolute atomic E-state index is 0.0506. The van der Waals surface area contributed by atoms with E-state index in [2.05, 4.69) is 15.0 Å². The number of hydrogen-bond donors (Lipinski definition) is 2. The van der Waals surface area contributed by atoms with Gasteiger partial charge in [0, 0.05) is 30.5 Å². The van der Waals surface area contributed by atoms with Crippen LogP contribution >= 0.6 is 0 Å². The number of methoxy groups -OCH3 is 1. The van der Waals surface area contributed by atoms with Crippen LogP contribution in [0.4, 0.5) is 15.8 Å². The molecule has 0 atom stereocenters. The van der Waals surface area contributed by atoms with Crippen LogP contribution in [-0.2, 0) is 11.2 Å². The zero-order valence-corrected chi connectivity index (χ0v) is 11.6. The Morgan fingerprint density at radius 1 is 1.43 bits per heavy atom. The van der Waals surface area contributed by atoms with E-state index in [1.807, 2.05) is 18.2 Å². The summed E-state index contributed by atoms with van der Waals surface area (Å²) in [5, 5.41) is 2.93. The number of esters is 1. The quantitative estimate of drug-likeness (QED) is 0.652. The van der Waals surface area contributed by atoms with Crippen molar-refractivity contribution in [2.45, 2.75) is 6.42 Å². The van der Waals surface area contributed by atoms with Crippen molar-refractivity contribution in [1.29, 1.82) is 0 Å². The number of nitrogens with one attached hydrogen (secondary N) is 1. The molecule has 0 unspecified atom stereocenters. The second-order valence-electron chi connectivity index (χ2n) is 4.41. The molecule has 21 heavy (non-hydrogen) atoms. The number of carbonyl (C=O) groups is 1. The highest BCUT2D eigenvalue weighted by atomic mass is 19.1. The van der Waals surface area contributed by atoms with E-state index in [9.17, 15) is 9.18 Å². The third kappa shape index (κ3) is 3.68. The van der Waals surface area contributed by atoms with Gasteiger partial charge in [0.15, 0.2) is 0 Å². The van der Waals surface area contributed by atoms with Crippen LogP contribution in [0.15, 0.2) is 36.5 Å². The van der Waals surface area contributed by atoms with Crippen molar-refractivity contribution in [3.8, 4) is 0 Å². The van der Waals surface area contributed by atoms with Crippen molar-refractivity contribution >= 4 is 17.3 Å². The van der Waals surface area contributed by atoms with Crippen LogP contribution in [0, 0.1) is 5.82 Å². The molecule has 0 aliphatic rings. The smallest absolute Gasteiger partial charge is 0.340 e. The van der Waals surface area contributed by atoms with E-state index in [0.717, 1.165) is 11.8 Å². The molecule has 3 N–H and O–H groups in total. The van der Waals surface area contributed by atoms with Crippen LogP contribution in [0.5, 0.6) is 0 Å². The second-order valence-corrected chi connectivity index (χ2v) is 4.41. The fourth-order valence-electron chi connectivity index (χ4n) is 1.88. The number of pyridine rings is 1. The van der Waals surface area contributed by atoms with Gasteiger partial charge in [0.25, 0.3) is 0 Å². The van der Waals surface area contributed by atoms with Gasteiger partial charge in [-0.2, -0.15) is 0 Å². The number of aromatic nitrogens is 1. The van der Waals surface area contributed by atoms with Crippen molar-refractivity contribution < 1.29 is 13.9 Å². The minimum Gasteiger partial charge on any atom is -0.465 e. The highest BCUT2D eigenvalue weighted by Crippen LogP contribution is 2.22. The summed E-state index contributed by atoms with van der Waals surface area (Å²) in [6, 6.07) is 8.08. The standard InChI is InChI=1S/C15H16FN3O2/c1-21-15(20)11-8-14(12(16)9-13(11)17)19-7-5-10-4-2-3-6-18-10/h2-4,6,8-9,19H,5,7,17H2,1H3. The van der Waals surface area contributed by atoms with Gasteiger partial charge in [-0.3, -0.25) is 4.98 Å². The molecule has 6 heteroatoms. The van der Waals surface area contributed by atoms with Gasteiger partial charge in [0.05, 0.1) is 18.4 Å². The molecule has 0 fully saturated rings. The van der Waals surface area contributed by atoms with Crippen molar-refractivity contribution in [3.63, 3.8) is 0 Å². The Balaban J connectivity index is 2.07. The molecule has 5 nitrogen and oxygen atoms in total. The molecule has 0 saturated heterocycles. The highest BCUT2D eigenvalue weighted by Gasteiger charge is 2.14. The van der Waals surface area contributed by atoms with Crippen LogP contribution in [-0.4, -0.2) is 24.6 Å². The molecule has 1 aromatic heterocycles. The lowest BCUT2D eigenvalue weighted by Gasteiger charge is -2.11. The molecule has 0 amide bonds. The number of halogens is 1. The average molecular weight is 289 g/mol. The van der Waals surface area contributed by atoms with Gasteiger partial charge in [0.1, 0.15) is 5.82 Å². The number of ether oxygens (including phenoxy) is 1. The first-order valence-corrected chi connectivity index (χ1v) is 6.43. The van der Waals surface area contributed by atoms with Gasteiger partial charge in [-0.1, -0.05) is 6.07 Å². The third-order valence-corrected chi connectivity index (χ3v) is 2.97. The summed E-state index contributed by atoms with van der Waals surface area (Å²) in [5.74, 6) is -1.11. The molecule has 0 aliphatic heterocycles. The lowest BCUT2D eigenvalue weighted by atomic mass is 10.1. The summed E-state index contributed by atoms with van der Waals surface area (Å²) in [6.45, 7) is 0.485. The van der Waals surface area contributed by atoms with E-state index in [-0.39, 0.29) is 16.9 Å². The van der Waals surface area contributed by atoms with Crippen LogP contribution in [0.25, 0.3) is 0 Å². The van der Waals surface area contributed by atoms with Crippen molar-refractivity contribution in [3.05, 3.63) is 53.6 Å². The van der Waals surface area contributed by atoms with Crippen molar-refractivity contribution in [2.75, 3.05) is 24.7 Å². The summed E-state index contributed by atoms with van der Waals surface area (Å²) in [5.41, 5.74) is 6.90. The normalized spacial score (nSPS) is 10.2. The van der Waals surface area contributed by atoms with E-state index < -0.39 is 11.8 Å². The number of rotatable bonds is 5. The number of carbonyl (C=O) groups excluding carboxylic acids is 1. The SMILES string of the molecule is COC(=O)c1cc(NCCc2ccccn2)c(F)cc1N. The molecule has 2 aromatic rings. The largest absolute Gasteiger partial charge is 0.465 e. The predicted molar refractivity (Wildman–Crippen MR) is 78.6 cm³/mol. The zero-order chi connectivity index (χ0) is 15.2. The molecule has 0 aliphatic carbocycles. The number of nitrogen functional groups attached to an aromatic ring is 1. The number of nitrogens with zero attached hydrogens (tertiary/aromatic N) is 1. The summed E-state index contributed by atoms with van der Waals surface area (Å²) in [7, 11) is 1.25. The maximum absolute atomic E-state index is 13.8. The Bertz CT molecular complexity index is 632. The first kappa shape index (κ1) is 14.8. The number of hydrogen-bond acceptors (Lipinski definition) is 5. The fourth-order valence-corrected chi connectivity index (χ4v) is 1.88. The lowest BCUT2D eigenvalue weighted by Crippen LogP contribution is -2.11. The van der Waals surface area contributed by atoms with Gasteiger partial charge < -0.3 is 15.8 Å². The van der Waals surface area contributed by atoms with Gasteiger partial charge in [-0.05, 0) is 24.3 Å². The molecular weight excluding hydrogens is 273 g/mol. The van der Waals surface area contributed by atoms with E-state index in [4.69, 9.17) is 5.73 Å². The first-order valence-electron chi connectivity index (χ1n) is 6.43. The zero-order valence-electron chi connectivity index (χ0n) is 11.6. The Kier molecular flexibility index (Phi) is 4.71. The fraction of sp³-hybridized carbons (Fsp3) is 0.200. The Morgan fingerprint density at radius 2 is 2.24 bits per heavy atom. The van der Waals surface area contributed by atoms with Crippen molar-refractivity contribution in [1.82, 2.24) is 4.98 Å². The Labute approximate surface area is 121 Å². The average Bonchev–Trinajstić information content (AvgIpc) is 2.49. The molecule has 1 heterocycles. The van der Waals surface area contributed by atoms with Crippen molar-refractivity contribution in [2.24, 2.45) is 0 Å². The number of benzene rings is 1. The highest BCUT2D eigenvalue weighted by molar-refractivity contribution is 5.96. The Morgan fingerprint density at radius 3 is 2.90 bits per heavy atom. The van der Waals surface area contributed by atoms with Gasteiger partial charge in [-0.15, -0.1) is 0 Å². The van der Waals surface area contributed by atoms with Crippen LogP contribution in [0.3, 0.4) is 0 Å². The maximum atomic E-state index is 13.8. The molecular formula is C15H16FN3O2. The second kappa shape index (κ2) is 6.69. The monoisotopic (exact) mass is 289 g/mol. The van der Waals surface area contributed by atoms with E-state index in [1.54, 1.807) is 6.20 Å². The molecule has 0 spiro atoms. The predicted octanol–water partition coefficient (Wildman–Crippen LogP) is 2.24. The van der Waals surface area contributed by atoms with Crippen LogP contribution < -0.4 is 11.1 Å². The van der Waals surface area contributed by atoms with Gasteiger partial charge in [-0.25, -0.2) is 9.18 Å². The summed E-state index contributed by atoms with van der Waals surface area (Å²) >= 11 is 0. The summed E-state index contributed by atoms with van der Waals surface area (Å²) in [6.07, 6.45) is 2.34. The van der Waals surface area contributed by atoms with E-state index >= 15 is 0 Å². The lowest BCUT2D eigenvalue weighted by molar-refractivity contribution is 0.0602. The first-order chi connectivity index (χ1) is 10.1. The molecule has 0 saturated carbocycles. The molecule has 110 valence electrons. The Hall–Kier alpha value is -2.63. The molecule has 1 aromatic carbocycles. The van der Waals surface area contributed by atoms with E-state index in [1.165, 1.54) is 13.2 Å². The van der Waals surface area contributed by atoms with Crippen LogP contribution in [0.1, 0.15) is 16.1 Å². The summed E-state index contributed by atoms with van der Waals surface area (Å²) in [4.78, 5) is 15.7. The molecule has 2 rings (SSSR count). The van der Waals surface area contributed by atoms with Gasteiger partial charge in [0.2, 0.25) is 0 Å². The topological polar surface area (TPSA) is 77.2 Å². The maximum Gasteiger partial charge on any atom is 0.340 e. The van der Waals surface area contributed by atoms with Crippen LogP contribution in [0.2, 0.25) is 0 Å².